The van der Waals surface area contributed by atoms with E-state index >= 15 is 0 Å². The molecule has 0 saturated carbocycles. The summed E-state index contributed by atoms with van der Waals surface area (Å²) in [5, 5.41) is 8.72. The molecule has 0 heterocycles. The van der Waals surface area contributed by atoms with Crippen molar-refractivity contribution in [1.29, 1.82) is 0 Å². The summed E-state index contributed by atoms with van der Waals surface area (Å²) in [6.45, 7) is 19.6. The van der Waals surface area contributed by atoms with E-state index in [0.29, 0.717) is 5.92 Å². The molecule has 142 valence electrons. The molecule has 1 atom stereocenters. The lowest BCUT2D eigenvalue weighted by Gasteiger charge is -2.05. The van der Waals surface area contributed by atoms with Gasteiger partial charge in [0.25, 0.3) is 0 Å². The van der Waals surface area contributed by atoms with Crippen LogP contribution in [0, 0.1) is 23.7 Å². The Morgan fingerprint density at radius 2 is 1.04 bits per heavy atom. The lowest BCUT2D eigenvalue weighted by Crippen LogP contribution is -2.03. The van der Waals surface area contributed by atoms with Gasteiger partial charge in [-0.2, -0.15) is 0 Å². The van der Waals surface area contributed by atoms with Gasteiger partial charge in [-0.1, -0.05) is 85.7 Å². The molecule has 0 aliphatic carbocycles. The summed E-state index contributed by atoms with van der Waals surface area (Å²) < 4.78 is 0. The third-order valence-electron chi connectivity index (χ3n) is 3.24. The molecular weight excluding hydrogens is 292 g/mol. The van der Waals surface area contributed by atoms with Gasteiger partial charge in [0.2, 0.25) is 0 Å². The van der Waals surface area contributed by atoms with Crippen LogP contribution in [0.4, 0.5) is 0 Å². The Kier molecular flexibility index (Phi) is 16.6. The summed E-state index contributed by atoms with van der Waals surface area (Å²) >= 11 is 0. The molecule has 0 saturated heterocycles. The molecule has 0 aliphatic rings. The van der Waals surface area contributed by atoms with Crippen LogP contribution in [-0.4, -0.2) is 11.2 Å². The Bertz CT molecular complexity index is 324. The first-order valence-electron chi connectivity index (χ1n) is 9.76. The Labute approximate surface area is 152 Å². The second-order valence-corrected chi connectivity index (χ2v) is 8.59. The monoisotopic (exact) mass is 336 g/mol. The van der Waals surface area contributed by atoms with Crippen molar-refractivity contribution in [3.8, 4) is 0 Å². The Hall–Kier alpha value is -0.820. The summed E-state index contributed by atoms with van der Waals surface area (Å²) in [5.74, 6) is 3.14. The van der Waals surface area contributed by atoms with Crippen molar-refractivity contribution in [1.82, 2.24) is 0 Å². The summed E-state index contributed by atoms with van der Waals surface area (Å²) in [5.41, 5.74) is 1.44. The maximum atomic E-state index is 8.72. The smallest absolute Gasteiger partial charge is 0.0514 e. The van der Waals surface area contributed by atoms with E-state index < -0.39 is 0 Å². The number of aliphatic hydroxyl groups excluding tert-OH is 1. The van der Waals surface area contributed by atoms with Crippen LogP contribution in [0.3, 0.4) is 0 Å². The molecule has 0 bridgehead atoms. The Morgan fingerprint density at radius 1 is 0.625 bits per heavy atom. The fourth-order valence-corrected chi connectivity index (χ4v) is 2.71. The van der Waals surface area contributed by atoms with Crippen LogP contribution in [0.15, 0.2) is 30.3 Å². The van der Waals surface area contributed by atoms with Crippen molar-refractivity contribution in [3.63, 3.8) is 0 Å². The molecule has 0 spiro atoms. The predicted octanol–water partition coefficient (Wildman–Crippen LogP) is 6.99. The van der Waals surface area contributed by atoms with Crippen molar-refractivity contribution >= 4 is 0 Å². The number of hydrogen-bond acceptors (Lipinski definition) is 1. The highest BCUT2D eigenvalue weighted by molar-refractivity contribution is 5.14. The Morgan fingerprint density at radius 3 is 1.25 bits per heavy atom. The van der Waals surface area contributed by atoms with Crippen LogP contribution in [0.5, 0.6) is 0 Å². The van der Waals surface area contributed by atoms with Crippen LogP contribution in [0.1, 0.15) is 80.7 Å². The molecule has 0 amide bonds. The van der Waals surface area contributed by atoms with Gasteiger partial charge in [-0.3, -0.25) is 0 Å². The highest BCUT2D eigenvalue weighted by atomic mass is 16.3. The minimum absolute atomic E-state index is 0.125. The van der Waals surface area contributed by atoms with E-state index in [4.69, 9.17) is 5.11 Å². The quantitative estimate of drug-likeness (QED) is 0.593. The first kappa shape index (κ1) is 25.4. The van der Waals surface area contributed by atoms with Gasteiger partial charge >= 0.3 is 0 Å². The number of benzene rings is 1. The molecule has 1 rings (SSSR count). The maximum Gasteiger partial charge on any atom is 0.0514 e. The molecule has 0 aromatic heterocycles. The molecule has 1 unspecified atom stereocenters. The summed E-state index contributed by atoms with van der Waals surface area (Å²) in [6, 6.07) is 10.6. The summed E-state index contributed by atoms with van der Waals surface area (Å²) in [6.07, 6.45) is 3.35. The molecule has 1 nitrogen and oxygen atoms in total. The van der Waals surface area contributed by atoms with Crippen molar-refractivity contribution in [2.75, 3.05) is 0 Å². The zero-order valence-corrected chi connectivity index (χ0v) is 17.8. The van der Waals surface area contributed by atoms with E-state index in [2.05, 4.69) is 85.7 Å². The lowest BCUT2D eigenvalue weighted by atomic mass is 10.0. The average molecular weight is 337 g/mol. The summed E-state index contributed by atoms with van der Waals surface area (Å²) in [7, 11) is 0. The molecule has 0 aliphatic heterocycles. The summed E-state index contributed by atoms with van der Waals surface area (Å²) in [4.78, 5) is 0. The topological polar surface area (TPSA) is 20.2 Å². The zero-order chi connectivity index (χ0) is 19.1. The van der Waals surface area contributed by atoms with Crippen LogP contribution in [0.25, 0.3) is 0 Å². The van der Waals surface area contributed by atoms with Crippen LogP contribution in [0.2, 0.25) is 0 Å². The van der Waals surface area contributed by atoms with Gasteiger partial charge in [-0.15, -0.1) is 0 Å². The van der Waals surface area contributed by atoms with Gasteiger partial charge in [0.15, 0.2) is 0 Å². The minimum Gasteiger partial charge on any atom is -0.393 e. The van der Waals surface area contributed by atoms with Gasteiger partial charge in [0.1, 0.15) is 0 Å². The Balaban J connectivity index is 0. The van der Waals surface area contributed by atoms with Crippen molar-refractivity contribution in [2.45, 2.75) is 87.7 Å². The molecule has 0 radical (unpaired) electrons. The molecule has 0 fully saturated rings. The second-order valence-electron chi connectivity index (χ2n) is 8.59. The van der Waals surface area contributed by atoms with Gasteiger partial charge in [-0.05, 0) is 55.4 Å². The van der Waals surface area contributed by atoms with Gasteiger partial charge in [-0.25, -0.2) is 0 Å². The van der Waals surface area contributed by atoms with E-state index in [0.717, 1.165) is 24.2 Å². The van der Waals surface area contributed by atoms with Gasteiger partial charge in [0, 0.05) is 0 Å². The minimum atomic E-state index is -0.125. The van der Waals surface area contributed by atoms with E-state index in [1.165, 1.54) is 18.4 Å². The molecule has 1 aromatic carbocycles. The molecule has 24 heavy (non-hydrogen) atoms. The maximum absolute atomic E-state index is 8.72. The van der Waals surface area contributed by atoms with Crippen LogP contribution in [-0.2, 0) is 6.42 Å². The number of rotatable bonds is 6. The molecule has 1 aromatic rings. The van der Waals surface area contributed by atoms with Gasteiger partial charge in [0.05, 0.1) is 6.10 Å². The fraction of sp³-hybridized carbons (Fsp3) is 0.739. The van der Waals surface area contributed by atoms with Gasteiger partial charge < -0.3 is 5.11 Å². The first-order valence-corrected chi connectivity index (χ1v) is 9.76. The van der Waals surface area contributed by atoms with Crippen LogP contribution < -0.4 is 0 Å². The second kappa shape index (κ2) is 15.7. The molecular formula is C23H44O. The van der Waals surface area contributed by atoms with E-state index in [1.807, 2.05) is 6.92 Å². The standard InChI is InChI=1S/C10H14.C7H16.C6H14O/c1-9(2)8-10-6-4-3-5-7-10;1-6(2)5-7(3)4;1-5(2)4-6(3)7/h3-7,9H,8H2,1-2H3;6-7H,5H2,1-4H3;5-7H,4H2,1-3H3. The highest BCUT2D eigenvalue weighted by Crippen LogP contribution is 2.08. The predicted molar refractivity (Wildman–Crippen MR) is 110 cm³/mol. The number of aliphatic hydroxyl groups is 1. The fourth-order valence-electron chi connectivity index (χ4n) is 2.71. The largest absolute Gasteiger partial charge is 0.393 e. The van der Waals surface area contributed by atoms with Crippen molar-refractivity contribution in [3.05, 3.63) is 35.9 Å². The first-order chi connectivity index (χ1) is 11.0. The highest BCUT2D eigenvalue weighted by Gasteiger charge is 1.97. The normalized spacial score (nSPS) is 11.9. The number of hydrogen-bond donors (Lipinski definition) is 1. The van der Waals surface area contributed by atoms with E-state index in [1.54, 1.807) is 0 Å². The lowest BCUT2D eigenvalue weighted by molar-refractivity contribution is 0.168. The van der Waals surface area contributed by atoms with Crippen molar-refractivity contribution < 1.29 is 5.11 Å². The van der Waals surface area contributed by atoms with Crippen molar-refractivity contribution in [2.24, 2.45) is 23.7 Å². The third kappa shape index (κ3) is 23.4. The molecule has 1 heteroatoms. The molecule has 1 N–H and O–H groups in total. The van der Waals surface area contributed by atoms with E-state index in [9.17, 15) is 0 Å². The van der Waals surface area contributed by atoms with Crippen LogP contribution >= 0.6 is 0 Å². The SMILES string of the molecule is CC(C)CC(C)C.CC(C)CC(C)O.CC(C)Cc1ccccc1. The zero-order valence-electron chi connectivity index (χ0n) is 17.8. The van der Waals surface area contributed by atoms with E-state index in [-0.39, 0.29) is 6.10 Å². The third-order valence-corrected chi connectivity index (χ3v) is 3.24. The average Bonchev–Trinajstić information content (AvgIpc) is 2.37.